The van der Waals surface area contributed by atoms with E-state index in [-0.39, 0.29) is 5.91 Å². The van der Waals surface area contributed by atoms with Crippen LogP contribution < -0.4 is 0 Å². The lowest BCUT2D eigenvalue weighted by Crippen LogP contribution is -2.29. The Bertz CT molecular complexity index is 792. The van der Waals surface area contributed by atoms with Gasteiger partial charge in [0.25, 0.3) is 5.91 Å². The van der Waals surface area contributed by atoms with Crippen LogP contribution in [0.4, 0.5) is 0 Å². The molecule has 2 heterocycles. The van der Waals surface area contributed by atoms with Crippen molar-refractivity contribution in [2.24, 2.45) is 5.92 Å². The predicted octanol–water partition coefficient (Wildman–Crippen LogP) is 4.92. The van der Waals surface area contributed by atoms with E-state index in [4.69, 9.17) is 28.3 Å². The van der Waals surface area contributed by atoms with Gasteiger partial charge in [-0.2, -0.15) is 5.10 Å². The zero-order valence-electron chi connectivity index (χ0n) is 14.9. The normalized spacial score (nSPS) is 14.6. The van der Waals surface area contributed by atoms with Crippen LogP contribution in [0.5, 0.6) is 0 Å². The molecule has 6 heteroatoms. The van der Waals surface area contributed by atoms with Crippen molar-refractivity contribution < 1.29 is 4.79 Å². The number of benzene rings is 1. The molecule has 1 aromatic heterocycles. The van der Waals surface area contributed by atoms with Gasteiger partial charge in [0.05, 0.1) is 32.7 Å². The predicted molar refractivity (Wildman–Crippen MR) is 102 cm³/mol. The Morgan fingerprint density at radius 2 is 1.88 bits per heavy atom. The van der Waals surface area contributed by atoms with E-state index in [1.165, 1.54) is 0 Å². The maximum atomic E-state index is 13.1. The fourth-order valence-electron chi connectivity index (χ4n) is 3.31. The van der Waals surface area contributed by atoms with Gasteiger partial charge in [-0.05, 0) is 50.3 Å². The summed E-state index contributed by atoms with van der Waals surface area (Å²) in [6, 6.07) is 5.41. The molecule has 1 aliphatic rings. The summed E-state index contributed by atoms with van der Waals surface area (Å²) in [6.45, 7) is 7.88. The molecule has 1 amide bonds. The fraction of sp³-hybridized carbons (Fsp3) is 0.474. The third-order valence-electron chi connectivity index (χ3n) is 4.55. The molecule has 0 aliphatic carbocycles. The second-order valence-electron chi connectivity index (χ2n) is 7.01. The molecule has 25 heavy (non-hydrogen) atoms. The minimum Gasteiger partial charge on any atom is -0.339 e. The van der Waals surface area contributed by atoms with Crippen LogP contribution in [-0.4, -0.2) is 33.7 Å². The summed E-state index contributed by atoms with van der Waals surface area (Å²) >= 11 is 12.2. The van der Waals surface area contributed by atoms with Gasteiger partial charge in [-0.3, -0.25) is 4.79 Å². The lowest BCUT2D eigenvalue weighted by atomic mass is 10.0. The van der Waals surface area contributed by atoms with E-state index in [2.05, 4.69) is 13.8 Å². The topological polar surface area (TPSA) is 38.1 Å². The van der Waals surface area contributed by atoms with Crippen molar-refractivity contribution >= 4 is 29.1 Å². The van der Waals surface area contributed by atoms with Crippen LogP contribution >= 0.6 is 23.2 Å². The van der Waals surface area contributed by atoms with Crippen LogP contribution in [0.25, 0.3) is 5.69 Å². The molecular weight excluding hydrogens is 357 g/mol. The van der Waals surface area contributed by atoms with E-state index in [0.29, 0.717) is 16.0 Å². The quantitative estimate of drug-likeness (QED) is 0.755. The Balaban J connectivity index is 2.07. The first-order valence-electron chi connectivity index (χ1n) is 8.71. The van der Waals surface area contributed by atoms with Gasteiger partial charge in [-0.1, -0.05) is 37.0 Å². The second-order valence-corrected chi connectivity index (χ2v) is 7.83. The average molecular weight is 380 g/mol. The Morgan fingerprint density at radius 3 is 2.48 bits per heavy atom. The SMILES string of the molecule is Cc1c(C(=O)N2CCCC2)c(CC(C)C)nn1-c1ccc(Cl)c(Cl)c1. The number of carbonyl (C=O) groups excluding carboxylic acids is 1. The Kier molecular flexibility index (Phi) is 5.40. The van der Waals surface area contributed by atoms with Crippen LogP contribution in [0.2, 0.25) is 10.0 Å². The zero-order chi connectivity index (χ0) is 18.1. The summed E-state index contributed by atoms with van der Waals surface area (Å²) < 4.78 is 1.81. The van der Waals surface area contributed by atoms with Crippen molar-refractivity contribution in [1.82, 2.24) is 14.7 Å². The number of nitrogens with zero attached hydrogens (tertiary/aromatic N) is 3. The summed E-state index contributed by atoms with van der Waals surface area (Å²) in [4.78, 5) is 15.0. The third kappa shape index (κ3) is 3.70. The molecule has 1 aromatic carbocycles. The molecule has 0 unspecified atom stereocenters. The van der Waals surface area contributed by atoms with E-state index < -0.39 is 0 Å². The molecule has 4 nitrogen and oxygen atoms in total. The summed E-state index contributed by atoms with van der Waals surface area (Å²) in [7, 11) is 0. The highest BCUT2D eigenvalue weighted by molar-refractivity contribution is 6.42. The number of hydrogen-bond donors (Lipinski definition) is 0. The second kappa shape index (κ2) is 7.38. The molecule has 3 rings (SSSR count). The number of halogens is 2. The van der Waals surface area contributed by atoms with Crippen LogP contribution in [0.1, 0.15) is 48.4 Å². The van der Waals surface area contributed by atoms with Crippen molar-refractivity contribution in [2.45, 2.75) is 40.0 Å². The Morgan fingerprint density at radius 1 is 1.20 bits per heavy atom. The minimum absolute atomic E-state index is 0.0944. The molecule has 2 aromatic rings. The summed E-state index contributed by atoms with van der Waals surface area (Å²) in [5, 5.41) is 5.73. The van der Waals surface area contributed by atoms with Gasteiger partial charge < -0.3 is 4.90 Å². The highest BCUT2D eigenvalue weighted by atomic mass is 35.5. The van der Waals surface area contributed by atoms with Gasteiger partial charge in [0, 0.05) is 13.1 Å². The van der Waals surface area contributed by atoms with Crippen LogP contribution in [-0.2, 0) is 6.42 Å². The molecule has 1 fully saturated rings. The zero-order valence-corrected chi connectivity index (χ0v) is 16.4. The Labute approximate surface area is 158 Å². The first-order valence-corrected chi connectivity index (χ1v) is 9.47. The van der Waals surface area contributed by atoms with Crippen LogP contribution in [0.15, 0.2) is 18.2 Å². The van der Waals surface area contributed by atoms with Gasteiger partial charge in [0.2, 0.25) is 0 Å². The first-order chi connectivity index (χ1) is 11.9. The van der Waals surface area contributed by atoms with Gasteiger partial charge in [0.1, 0.15) is 0 Å². The maximum absolute atomic E-state index is 13.1. The largest absolute Gasteiger partial charge is 0.339 e. The van der Waals surface area contributed by atoms with Crippen molar-refractivity contribution in [1.29, 1.82) is 0 Å². The monoisotopic (exact) mass is 379 g/mol. The molecule has 1 saturated heterocycles. The van der Waals surface area contributed by atoms with Gasteiger partial charge >= 0.3 is 0 Å². The highest BCUT2D eigenvalue weighted by Crippen LogP contribution is 2.28. The van der Waals surface area contributed by atoms with E-state index in [1.54, 1.807) is 12.1 Å². The lowest BCUT2D eigenvalue weighted by Gasteiger charge is -2.16. The Hall–Kier alpha value is -1.52. The smallest absolute Gasteiger partial charge is 0.257 e. The summed E-state index contributed by atoms with van der Waals surface area (Å²) in [6.07, 6.45) is 2.92. The molecule has 1 aliphatic heterocycles. The van der Waals surface area contributed by atoms with Crippen LogP contribution in [0.3, 0.4) is 0 Å². The number of rotatable bonds is 4. The first kappa shape index (κ1) is 18.3. The third-order valence-corrected chi connectivity index (χ3v) is 5.28. The number of hydrogen-bond acceptors (Lipinski definition) is 2. The van der Waals surface area contributed by atoms with Gasteiger partial charge in [-0.25, -0.2) is 4.68 Å². The fourth-order valence-corrected chi connectivity index (χ4v) is 3.61. The summed E-state index contributed by atoms with van der Waals surface area (Å²) in [5.41, 5.74) is 3.26. The number of amides is 1. The molecule has 0 radical (unpaired) electrons. The highest BCUT2D eigenvalue weighted by Gasteiger charge is 2.28. The van der Waals surface area contributed by atoms with E-state index in [9.17, 15) is 4.79 Å². The molecule has 0 spiro atoms. The molecule has 0 N–H and O–H groups in total. The number of aromatic nitrogens is 2. The molecular formula is C19H23Cl2N3O. The molecule has 0 atom stereocenters. The lowest BCUT2D eigenvalue weighted by molar-refractivity contribution is 0.0791. The van der Waals surface area contributed by atoms with E-state index >= 15 is 0 Å². The standard InChI is InChI=1S/C19H23Cl2N3O/c1-12(2)10-17-18(19(25)23-8-4-5-9-23)13(3)24(22-17)14-6-7-15(20)16(21)11-14/h6-7,11-12H,4-5,8-10H2,1-3H3. The van der Waals surface area contributed by atoms with E-state index in [0.717, 1.165) is 55.0 Å². The van der Waals surface area contributed by atoms with Gasteiger partial charge in [0.15, 0.2) is 0 Å². The van der Waals surface area contributed by atoms with Crippen molar-refractivity contribution in [3.8, 4) is 5.69 Å². The number of likely N-dealkylation sites (tertiary alicyclic amines) is 1. The van der Waals surface area contributed by atoms with Crippen LogP contribution in [0, 0.1) is 12.8 Å². The summed E-state index contributed by atoms with van der Waals surface area (Å²) in [5.74, 6) is 0.513. The minimum atomic E-state index is 0.0944. The average Bonchev–Trinajstić information content (AvgIpc) is 3.18. The van der Waals surface area contributed by atoms with Crippen molar-refractivity contribution in [2.75, 3.05) is 13.1 Å². The van der Waals surface area contributed by atoms with E-state index in [1.807, 2.05) is 22.6 Å². The van der Waals surface area contributed by atoms with Crippen molar-refractivity contribution in [3.05, 3.63) is 45.2 Å². The number of carbonyl (C=O) groups is 1. The molecule has 134 valence electrons. The molecule has 0 bridgehead atoms. The van der Waals surface area contributed by atoms with Crippen molar-refractivity contribution in [3.63, 3.8) is 0 Å². The molecule has 0 saturated carbocycles. The van der Waals surface area contributed by atoms with Gasteiger partial charge in [-0.15, -0.1) is 0 Å². The maximum Gasteiger partial charge on any atom is 0.257 e.